The summed E-state index contributed by atoms with van der Waals surface area (Å²) < 4.78 is 32.2. The first-order valence-corrected chi connectivity index (χ1v) is 6.53. The first-order valence-electron chi connectivity index (χ1n) is 5.74. The van der Waals surface area contributed by atoms with Gasteiger partial charge in [-0.05, 0) is 24.3 Å². The summed E-state index contributed by atoms with van der Waals surface area (Å²) in [6.45, 7) is -0.0721. The fraction of sp³-hybridized carbons (Fsp3) is 0.0769. The number of nitrogens with one attached hydrogen (secondary N) is 1. The maximum absolute atomic E-state index is 13.5. The van der Waals surface area contributed by atoms with Crippen molar-refractivity contribution in [2.75, 3.05) is 0 Å². The molecule has 8 heteroatoms. The lowest BCUT2D eigenvalue weighted by atomic mass is 10.2. The van der Waals surface area contributed by atoms with Crippen LogP contribution in [0.3, 0.4) is 0 Å². The summed E-state index contributed by atoms with van der Waals surface area (Å²) >= 11 is 3.05. The van der Waals surface area contributed by atoms with Crippen molar-refractivity contribution in [3.8, 4) is 5.75 Å². The van der Waals surface area contributed by atoms with Crippen LogP contribution in [0, 0.1) is 11.6 Å². The quantitative estimate of drug-likeness (QED) is 0.381. The highest BCUT2D eigenvalue weighted by Crippen LogP contribution is 2.25. The van der Waals surface area contributed by atoms with Crippen LogP contribution in [-0.4, -0.2) is 10.9 Å². The summed E-state index contributed by atoms with van der Waals surface area (Å²) in [5.41, 5.74) is 2.70. The van der Waals surface area contributed by atoms with E-state index in [1.54, 1.807) is 0 Å². The molecule has 0 saturated heterocycles. The number of ether oxygens (including phenoxy) is 1. The Hall–Kier alpha value is -2.06. The van der Waals surface area contributed by atoms with Crippen LogP contribution in [0.25, 0.3) is 0 Å². The van der Waals surface area contributed by atoms with Crippen LogP contribution < -0.4 is 16.0 Å². The molecule has 2 rings (SSSR count). The van der Waals surface area contributed by atoms with Gasteiger partial charge in [-0.3, -0.25) is 15.2 Å². The topological polar surface area (TPSA) is 77.2 Å². The molecule has 1 heterocycles. The highest BCUT2D eigenvalue weighted by molar-refractivity contribution is 9.10. The Kier molecular flexibility index (Phi) is 4.81. The van der Waals surface area contributed by atoms with Gasteiger partial charge in [0.05, 0.1) is 11.3 Å². The normalized spacial score (nSPS) is 10.3. The summed E-state index contributed by atoms with van der Waals surface area (Å²) in [6, 6.07) is 5.33. The number of nitrogens with zero attached hydrogens (tertiary/aromatic N) is 1. The molecule has 0 fully saturated rings. The molecule has 0 aliphatic carbocycles. The largest absolute Gasteiger partial charge is 0.484 e. The van der Waals surface area contributed by atoms with Crippen molar-refractivity contribution in [1.29, 1.82) is 0 Å². The molecule has 0 aliphatic rings. The molecule has 0 saturated carbocycles. The summed E-state index contributed by atoms with van der Waals surface area (Å²) in [5.74, 6) is 2.20. The molecule has 3 N–H and O–H groups in total. The number of hydrogen-bond acceptors (Lipinski definition) is 4. The fourth-order valence-electron chi connectivity index (χ4n) is 1.52. The van der Waals surface area contributed by atoms with Gasteiger partial charge in [0, 0.05) is 10.7 Å². The summed E-state index contributed by atoms with van der Waals surface area (Å²) in [4.78, 5) is 15.2. The number of hydrogen-bond donors (Lipinski definition) is 2. The van der Waals surface area contributed by atoms with Crippen molar-refractivity contribution in [3.63, 3.8) is 0 Å². The van der Waals surface area contributed by atoms with E-state index in [9.17, 15) is 13.6 Å². The lowest BCUT2D eigenvalue weighted by Crippen LogP contribution is -2.30. The second-order valence-corrected chi connectivity index (χ2v) is 4.92. The van der Waals surface area contributed by atoms with E-state index >= 15 is 0 Å². The SMILES string of the molecule is NNC(=O)c1ccc(COc2cc(Br)cc(F)c2F)nc1. The van der Waals surface area contributed by atoms with Crippen molar-refractivity contribution in [2.45, 2.75) is 6.61 Å². The zero-order chi connectivity index (χ0) is 15.4. The molecule has 0 aliphatic heterocycles. The molecule has 1 amide bonds. The standard InChI is InChI=1S/C13H10BrF2N3O2/c14-8-3-10(15)12(16)11(4-8)21-6-9-2-1-7(5-18-9)13(20)19-17/h1-5H,6,17H2,(H,19,20). The van der Waals surface area contributed by atoms with Crippen molar-refractivity contribution >= 4 is 21.8 Å². The number of carbonyl (C=O) groups is 1. The zero-order valence-electron chi connectivity index (χ0n) is 10.6. The zero-order valence-corrected chi connectivity index (χ0v) is 12.2. The third kappa shape index (κ3) is 3.73. The first kappa shape index (κ1) is 15.3. The van der Waals surface area contributed by atoms with E-state index in [1.807, 2.05) is 5.43 Å². The minimum absolute atomic E-state index is 0.0721. The molecule has 2 aromatic rings. The Morgan fingerprint density at radius 2 is 2.14 bits per heavy atom. The smallest absolute Gasteiger partial charge is 0.266 e. The highest BCUT2D eigenvalue weighted by atomic mass is 79.9. The van der Waals surface area contributed by atoms with Crippen molar-refractivity contribution in [2.24, 2.45) is 5.84 Å². The molecular weight excluding hydrogens is 348 g/mol. The Labute approximate surface area is 127 Å². The Morgan fingerprint density at radius 3 is 2.76 bits per heavy atom. The number of rotatable bonds is 4. The molecule has 0 bridgehead atoms. The van der Waals surface area contributed by atoms with Crippen LogP contribution >= 0.6 is 15.9 Å². The highest BCUT2D eigenvalue weighted by Gasteiger charge is 2.12. The number of nitrogens with two attached hydrogens (primary N) is 1. The molecule has 5 nitrogen and oxygen atoms in total. The predicted octanol–water partition coefficient (Wildman–Crippen LogP) is 2.30. The average molecular weight is 358 g/mol. The Balaban J connectivity index is 2.08. The Morgan fingerprint density at radius 1 is 1.38 bits per heavy atom. The maximum Gasteiger partial charge on any atom is 0.266 e. The Bertz CT molecular complexity index is 665. The van der Waals surface area contributed by atoms with E-state index in [-0.39, 0.29) is 17.9 Å². The molecule has 1 aromatic carbocycles. The van der Waals surface area contributed by atoms with Gasteiger partial charge in [-0.2, -0.15) is 4.39 Å². The van der Waals surface area contributed by atoms with Crippen LogP contribution in [0.2, 0.25) is 0 Å². The fourth-order valence-corrected chi connectivity index (χ4v) is 1.93. The monoisotopic (exact) mass is 357 g/mol. The number of carbonyl (C=O) groups excluding carboxylic acids is 1. The molecule has 110 valence electrons. The van der Waals surface area contributed by atoms with Gasteiger partial charge in [0.15, 0.2) is 11.6 Å². The van der Waals surface area contributed by atoms with E-state index in [2.05, 4.69) is 20.9 Å². The molecule has 21 heavy (non-hydrogen) atoms. The van der Waals surface area contributed by atoms with Gasteiger partial charge in [-0.25, -0.2) is 10.2 Å². The minimum atomic E-state index is -1.07. The average Bonchev–Trinajstić information content (AvgIpc) is 2.49. The van der Waals surface area contributed by atoms with Crippen LogP contribution in [-0.2, 0) is 6.61 Å². The van der Waals surface area contributed by atoms with E-state index in [0.29, 0.717) is 10.2 Å². The van der Waals surface area contributed by atoms with Crippen molar-refractivity contribution in [1.82, 2.24) is 10.4 Å². The molecule has 1 aromatic heterocycles. The van der Waals surface area contributed by atoms with Gasteiger partial charge in [-0.1, -0.05) is 15.9 Å². The van der Waals surface area contributed by atoms with Crippen LogP contribution in [0.4, 0.5) is 8.78 Å². The minimum Gasteiger partial charge on any atom is -0.484 e. The van der Waals surface area contributed by atoms with Crippen LogP contribution in [0.1, 0.15) is 16.1 Å². The number of hydrazine groups is 1. The van der Waals surface area contributed by atoms with Gasteiger partial charge in [0.2, 0.25) is 5.82 Å². The van der Waals surface area contributed by atoms with Crippen LogP contribution in [0.15, 0.2) is 34.9 Å². The third-order valence-corrected chi connectivity index (χ3v) is 3.01. The molecule has 0 spiro atoms. The van der Waals surface area contributed by atoms with Gasteiger partial charge in [0.25, 0.3) is 5.91 Å². The van der Waals surface area contributed by atoms with E-state index in [4.69, 9.17) is 10.6 Å². The molecule has 0 unspecified atom stereocenters. The summed E-state index contributed by atoms with van der Waals surface area (Å²) in [5, 5.41) is 0. The van der Waals surface area contributed by atoms with E-state index < -0.39 is 17.5 Å². The number of benzene rings is 1. The van der Waals surface area contributed by atoms with Crippen molar-refractivity contribution in [3.05, 3.63) is 57.8 Å². The van der Waals surface area contributed by atoms with Gasteiger partial charge >= 0.3 is 0 Å². The molecule has 0 atom stereocenters. The first-order chi connectivity index (χ1) is 10.0. The lowest BCUT2D eigenvalue weighted by molar-refractivity contribution is 0.0953. The molecule has 0 radical (unpaired) electrons. The van der Waals surface area contributed by atoms with Crippen LogP contribution in [0.5, 0.6) is 5.75 Å². The van der Waals surface area contributed by atoms with Gasteiger partial charge < -0.3 is 4.74 Å². The maximum atomic E-state index is 13.5. The second kappa shape index (κ2) is 6.59. The number of aromatic nitrogens is 1. The molecular formula is C13H10BrF2N3O2. The summed E-state index contributed by atoms with van der Waals surface area (Å²) in [7, 11) is 0. The van der Waals surface area contributed by atoms with Crippen molar-refractivity contribution < 1.29 is 18.3 Å². The number of pyridine rings is 1. The van der Waals surface area contributed by atoms with Gasteiger partial charge in [-0.15, -0.1) is 0 Å². The lowest BCUT2D eigenvalue weighted by Gasteiger charge is -2.08. The third-order valence-electron chi connectivity index (χ3n) is 2.55. The number of nitrogen functional groups attached to an aromatic ring is 1. The number of amides is 1. The van der Waals surface area contributed by atoms with E-state index in [0.717, 1.165) is 6.07 Å². The predicted molar refractivity (Wildman–Crippen MR) is 74.3 cm³/mol. The number of halogens is 3. The van der Waals surface area contributed by atoms with Gasteiger partial charge in [0.1, 0.15) is 6.61 Å². The summed E-state index contributed by atoms with van der Waals surface area (Å²) in [6.07, 6.45) is 1.30. The second-order valence-electron chi connectivity index (χ2n) is 4.00. The van der Waals surface area contributed by atoms with E-state index in [1.165, 1.54) is 24.4 Å².